The van der Waals surface area contributed by atoms with Crippen LogP contribution in [0.3, 0.4) is 0 Å². The highest BCUT2D eigenvalue weighted by molar-refractivity contribution is 6.06. The number of Topliss-reactive ketones (excluding diaryl/α,β-unsaturated/α-hetero) is 1. The fourth-order valence-electron chi connectivity index (χ4n) is 3.84. The van der Waals surface area contributed by atoms with Gasteiger partial charge in [0.15, 0.2) is 5.82 Å². The number of rotatable bonds is 3. The third-order valence-electron chi connectivity index (χ3n) is 5.25. The van der Waals surface area contributed by atoms with Gasteiger partial charge < -0.3 is 9.47 Å². The zero-order valence-corrected chi connectivity index (χ0v) is 15.9. The number of amides is 1. The van der Waals surface area contributed by atoms with E-state index in [1.165, 1.54) is 12.1 Å². The van der Waals surface area contributed by atoms with Gasteiger partial charge in [-0.2, -0.15) is 0 Å². The topological polar surface area (TPSA) is 68.1 Å². The molecule has 0 bridgehead atoms. The van der Waals surface area contributed by atoms with Crippen LogP contribution in [-0.4, -0.2) is 44.2 Å². The number of fused-ring (bicyclic) bond motifs is 1. The van der Waals surface area contributed by atoms with Crippen molar-refractivity contribution in [3.05, 3.63) is 59.6 Å². The number of hydrogen-bond donors (Lipinski definition) is 0. The van der Waals surface area contributed by atoms with Gasteiger partial charge >= 0.3 is 0 Å². The number of ketones is 1. The first-order valence-corrected chi connectivity index (χ1v) is 9.32. The zero-order chi connectivity index (χ0) is 19.8. The molecule has 0 spiro atoms. The lowest BCUT2D eigenvalue weighted by molar-refractivity contribution is 0.0634. The van der Waals surface area contributed by atoms with Gasteiger partial charge in [-0.15, -0.1) is 0 Å². The van der Waals surface area contributed by atoms with Crippen molar-refractivity contribution in [2.75, 3.05) is 13.1 Å². The third kappa shape index (κ3) is 3.28. The summed E-state index contributed by atoms with van der Waals surface area (Å²) in [6.45, 7) is 2.73. The molecule has 1 atom stereocenters. The first-order chi connectivity index (χ1) is 13.4. The minimum Gasteiger partial charge on any atom is -0.338 e. The summed E-state index contributed by atoms with van der Waals surface area (Å²) in [5, 5.41) is 0.620. The van der Waals surface area contributed by atoms with Crippen molar-refractivity contribution in [1.82, 2.24) is 19.4 Å². The normalized spacial score (nSPS) is 17.1. The Morgan fingerprint density at radius 3 is 2.82 bits per heavy atom. The molecule has 2 aromatic heterocycles. The van der Waals surface area contributed by atoms with Crippen molar-refractivity contribution in [1.29, 1.82) is 0 Å². The van der Waals surface area contributed by atoms with Gasteiger partial charge in [0, 0.05) is 55.6 Å². The van der Waals surface area contributed by atoms with Crippen LogP contribution in [0.5, 0.6) is 0 Å². The van der Waals surface area contributed by atoms with Crippen molar-refractivity contribution in [3.63, 3.8) is 0 Å². The number of halogens is 1. The molecule has 0 N–H and O–H groups in total. The third-order valence-corrected chi connectivity index (χ3v) is 5.25. The van der Waals surface area contributed by atoms with E-state index >= 15 is 0 Å². The number of imidazole rings is 1. The van der Waals surface area contributed by atoms with Crippen LogP contribution in [0.1, 0.15) is 39.5 Å². The second kappa shape index (κ2) is 7.14. The van der Waals surface area contributed by atoms with Gasteiger partial charge in [0.25, 0.3) is 5.91 Å². The summed E-state index contributed by atoms with van der Waals surface area (Å²) in [6.07, 6.45) is 4.83. The number of carbonyl (C=O) groups is 2. The molecule has 4 rings (SSSR count). The Morgan fingerprint density at radius 2 is 2.07 bits per heavy atom. The highest BCUT2D eigenvalue weighted by Crippen LogP contribution is 2.25. The van der Waals surface area contributed by atoms with Crippen LogP contribution in [0.15, 0.2) is 36.7 Å². The van der Waals surface area contributed by atoms with Crippen LogP contribution < -0.4 is 0 Å². The molecule has 0 unspecified atom stereocenters. The molecule has 3 aromatic rings. The van der Waals surface area contributed by atoms with Crippen molar-refractivity contribution in [2.45, 2.75) is 19.8 Å². The minimum atomic E-state index is -0.386. The van der Waals surface area contributed by atoms with E-state index in [9.17, 15) is 14.0 Å². The van der Waals surface area contributed by atoms with Crippen LogP contribution in [0.4, 0.5) is 4.39 Å². The van der Waals surface area contributed by atoms with Crippen LogP contribution >= 0.6 is 0 Å². The van der Waals surface area contributed by atoms with Gasteiger partial charge in [-0.1, -0.05) is 0 Å². The number of aryl methyl sites for hydroxylation is 2. The second-order valence-corrected chi connectivity index (χ2v) is 7.29. The number of pyridine rings is 1. The van der Waals surface area contributed by atoms with Crippen LogP contribution in [-0.2, 0) is 7.05 Å². The lowest BCUT2D eigenvalue weighted by Crippen LogP contribution is -2.42. The largest absolute Gasteiger partial charge is 0.338 e. The van der Waals surface area contributed by atoms with Crippen LogP contribution in [0.25, 0.3) is 10.9 Å². The van der Waals surface area contributed by atoms with Crippen LogP contribution in [0.2, 0.25) is 0 Å². The molecule has 0 aliphatic carbocycles. The molecule has 1 fully saturated rings. The number of benzene rings is 1. The van der Waals surface area contributed by atoms with Crippen molar-refractivity contribution >= 4 is 22.6 Å². The molecule has 1 amide bonds. The average molecular weight is 380 g/mol. The summed E-state index contributed by atoms with van der Waals surface area (Å²) in [4.78, 5) is 36.3. The Bertz CT molecular complexity index is 1070. The smallest absolute Gasteiger partial charge is 0.254 e. The lowest BCUT2D eigenvalue weighted by Gasteiger charge is -2.32. The van der Waals surface area contributed by atoms with E-state index in [4.69, 9.17) is 0 Å². The quantitative estimate of drug-likeness (QED) is 0.655. The maximum atomic E-state index is 13.6. The predicted octanol–water partition coefficient (Wildman–Crippen LogP) is 3.15. The zero-order valence-electron chi connectivity index (χ0n) is 15.9. The Balaban J connectivity index is 1.63. The van der Waals surface area contributed by atoms with Gasteiger partial charge in [-0.05, 0) is 38.0 Å². The maximum Gasteiger partial charge on any atom is 0.254 e. The number of likely N-dealkylation sites (tertiary alicyclic amines) is 1. The molecule has 1 aromatic carbocycles. The second-order valence-electron chi connectivity index (χ2n) is 7.29. The van der Waals surface area contributed by atoms with E-state index < -0.39 is 0 Å². The Morgan fingerprint density at radius 1 is 1.25 bits per heavy atom. The van der Waals surface area contributed by atoms with E-state index in [-0.39, 0.29) is 23.4 Å². The average Bonchev–Trinajstić information content (AvgIpc) is 3.11. The van der Waals surface area contributed by atoms with Gasteiger partial charge in [0.05, 0.1) is 11.1 Å². The molecular formula is C21H21FN4O2. The molecule has 3 heterocycles. The lowest BCUT2D eigenvalue weighted by atomic mass is 9.92. The molecule has 1 saturated heterocycles. The highest BCUT2D eigenvalue weighted by Gasteiger charge is 2.31. The van der Waals surface area contributed by atoms with Crippen molar-refractivity contribution in [3.8, 4) is 0 Å². The summed E-state index contributed by atoms with van der Waals surface area (Å²) in [6, 6.07) is 5.99. The van der Waals surface area contributed by atoms with Gasteiger partial charge in [0.2, 0.25) is 5.78 Å². The van der Waals surface area contributed by atoms with Crippen molar-refractivity contribution < 1.29 is 14.0 Å². The van der Waals surface area contributed by atoms with Gasteiger partial charge in [0.1, 0.15) is 5.82 Å². The van der Waals surface area contributed by atoms with E-state index in [0.717, 1.165) is 12.8 Å². The van der Waals surface area contributed by atoms with Gasteiger partial charge in [-0.25, -0.2) is 9.37 Å². The number of aromatic nitrogens is 3. The van der Waals surface area contributed by atoms with Crippen LogP contribution in [0, 0.1) is 18.7 Å². The summed E-state index contributed by atoms with van der Waals surface area (Å²) >= 11 is 0. The first kappa shape index (κ1) is 18.3. The van der Waals surface area contributed by atoms with E-state index in [0.29, 0.717) is 41.1 Å². The molecule has 0 saturated carbocycles. The molecule has 7 heteroatoms. The molecule has 144 valence electrons. The number of nitrogens with zero attached hydrogens (tertiary/aromatic N) is 4. The number of carbonyl (C=O) groups excluding carboxylic acids is 2. The summed E-state index contributed by atoms with van der Waals surface area (Å²) in [5.74, 6) is -0.435. The minimum absolute atomic E-state index is 0.0390. The molecule has 6 nitrogen and oxygen atoms in total. The predicted molar refractivity (Wildman–Crippen MR) is 103 cm³/mol. The Kier molecular flexibility index (Phi) is 4.66. The highest BCUT2D eigenvalue weighted by atomic mass is 19.1. The number of hydrogen-bond acceptors (Lipinski definition) is 4. The fourth-order valence-corrected chi connectivity index (χ4v) is 3.84. The first-order valence-electron chi connectivity index (χ1n) is 9.32. The Labute approximate surface area is 162 Å². The maximum absolute atomic E-state index is 13.6. The summed E-state index contributed by atoms with van der Waals surface area (Å²) in [5.41, 5.74) is 1.60. The SMILES string of the molecule is Cc1cc(C(=O)N2CCC[C@@H](C(=O)c3nccn3C)C2)c2ccc(F)cc2n1. The molecule has 28 heavy (non-hydrogen) atoms. The molecule has 0 radical (unpaired) electrons. The van der Waals surface area contributed by atoms with E-state index in [1.807, 2.05) is 0 Å². The van der Waals surface area contributed by atoms with Crippen molar-refractivity contribution in [2.24, 2.45) is 13.0 Å². The molecule has 1 aliphatic heterocycles. The van der Waals surface area contributed by atoms with E-state index in [1.54, 1.807) is 48.0 Å². The fraction of sp³-hybridized carbons (Fsp3) is 0.333. The number of piperidine rings is 1. The molecular weight excluding hydrogens is 359 g/mol. The standard InChI is InChI=1S/C21H21FN4O2/c1-13-10-17(16-6-5-15(22)11-18(16)24-13)21(28)26-8-3-4-14(12-26)19(27)20-23-7-9-25(20)2/h5-7,9-11,14H,3-4,8,12H2,1-2H3/t14-/m1/s1. The monoisotopic (exact) mass is 380 g/mol. The Hall–Kier alpha value is -3.09. The van der Waals surface area contributed by atoms with E-state index in [2.05, 4.69) is 9.97 Å². The summed E-state index contributed by atoms with van der Waals surface area (Å²) in [7, 11) is 1.79. The molecule has 1 aliphatic rings. The summed E-state index contributed by atoms with van der Waals surface area (Å²) < 4.78 is 15.3. The van der Waals surface area contributed by atoms with Gasteiger partial charge in [-0.3, -0.25) is 14.6 Å².